The van der Waals surface area contributed by atoms with E-state index in [9.17, 15) is 4.79 Å². The number of aliphatic carboxylic acids is 1. The van der Waals surface area contributed by atoms with E-state index in [1.165, 1.54) is 11.1 Å². The van der Waals surface area contributed by atoms with Crippen molar-refractivity contribution in [1.82, 2.24) is 10.3 Å². The number of rotatable bonds is 7. The zero-order valence-electron chi connectivity index (χ0n) is 9.57. The molecular formula is C12H18N2O2. The van der Waals surface area contributed by atoms with Crippen LogP contribution in [0.15, 0.2) is 18.5 Å². The number of pyridine rings is 1. The summed E-state index contributed by atoms with van der Waals surface area (Å²) in [5, 5.41) is 11.7. The van der Waals surface area contributed by atoms with Gasteiger partial charge in [-0.25, -0.2) is 0 Å². The molecule has 4 heteroatoms. The van der Waals surface area contributed by atoms with Crippen LogP contribution in [0.25, 0.3) is 0 Å². The van der Waals surface area contributed by atoms with Gasteiger partial charge in [-0.15, -0.1) is 0 Å². The van der Waals surface area contributed by atoms with Crippen molar-refractivity contribution in [3.8, 4) is 0 Å². The highest BCUT2D eigenvalue weighted by atomic mass is 16.4. The van der Waals surface area contributed by atoms with E-state index in [4.69, 9.17) is 5.11 Å². The molecule has 1 aromatic rings. The Balaban J connectivity index is 2.12. The Morgan fingerprint density at radius 2 is 2.31 bits per heavy atom. The van der Waals surface area contributed by atoms with Gasteiger partial charge in [0.25, 0.3) is 0 Å². The van der Waals surface area contributed by atoms with Crippen LogP contribution in [0.2, 0.25) is 0 Å². The summed E-state index contributed by atoms with van der Waals surface area (Å²) in [7, 11) is 0. The third-order valence-electron chi connectivity index (χ3n) is 2.46. The van der Waals surface area contributed by atoms with Crippen molar-refractivity contribution in [2.75, 3.05) is 6.54 Å². The van der Waals surface area contributed by atoms with Gasteiger partial charge in [0.1, 0.15) is 0 Å². The minimum atomic E-state index is -0.719. The van der Waals surface area contributed by atoms with Crippen molar-refractivity contribution in [2.45, 2.75) is 32.7 Å². The van der Waals surface area contributed by atoms with E-state index < -0.39 is 5.97 Å². The molecule has 4 nitrogen and oxygen atoms in total. The van der Waals surface area contributed by atoms with Crippen molar-refractivity contribution in [3.63, 3.8) is 0 Å². The maximum absolute atomic E-state index is 10.3. The monoisotopic (exact) mass is 222 g/mol. The molecule has 0 atom stereocenters. The maximum atomic E-state index is 10.3. The van der Waals surface area contributed by atoms with Crippen molar-refractivity contribution in [3.05, 3.63) is 29.6 Å². The normalized spacial score (nSPS) is 10.3. The average Bonchev–Trinajstić information content (AvgIpc) is 2.25. The molecule has 0 fully saturated rings. The summed E-state index contributed by atoms with van der Waals surface area (Å²) < 4.78 is 0. The fourth-order valence-corrected chi connectivity index (χ4v) is 1.43. The van der Waals surface area contributed by atoms with Gasteiger partial charge < -0.3 is 10.4 Å². The van der Waals surface area contributed by atoms with E-state index in [0.29, 0.717) is 0 Å². The number of carbonyl (C=O) groups is 1. The number of nitrogens with zero attached hydrogens (tertiary/aromatic N) is 1. The predicted octanol–water partition coefficient (Wildman–Crippen LogP) is 1.73. The molecule has 0 radical (unpaired) electrons. The fraction of sp³-hybridized carbons (Fsp3) is 0.500. The molecule has 0 aliphatic rings. The summed E-state index contributed by atoms with van der Waals surface area (Å²) >= 11 is 0. The highest BCUT2D eigenvalue weighted by Gasteiger charge is 1.98. The van der Waals surface area contributed by atoms with Crippen LogP contribution in [-0.4, -0.2) is 22.6 Å². The highest BCUT2D eigenvalue weighted by Crippen LogP contribution is 2.04. The van der Waals surface area contributed by atoms with Crippen LogP contribution in [0.1, 0.15) is 30.4 Å². The topological polar surface area (TPSA) is 62.2 Å². The summed E-state index contributed by atoms with van der Waals surface area (Å²) in [6.07, 6.45) is 5.53. The van der Waals surface area contributed by atoms with Gasteiger partial charge in [-0.3, -0.25) is 9.78 Å². The van der Waals surface area contributed by atoms with Gasteiger partial charge in [0, 0.05) is 25.4 Å². The number of unbranched alkanes of at least 4 members (excludes halogenated alkanes) is 1. The smallest absolute Gasteiger partial charge is 0.303 e. The Kier molecular flexibility index (Phi) is 5.50. The number of nitrogens with one attached hydrogen (secondary N) is 1. The van der Waals surface area contributed by atoms with Gasteiger partial charge in [0.05, 0.1) is 0 Å². The molecule has 1 heterocycles. The lowest BCUT2D eigenvalue weighted by molar-refractivity contribution is -0.137. The molecule has 1 aromatic heterocycles. The van der Waals surface area contributed by atoms with Gasteiger partial charge in [-0.05, 0) is 43.5 Å². The number of carboxylic acids is 1. The van der Waals surface area contributed by atoms with Crippen molar-refractivity contribution < 1.29 is 9.90 Å². The Labute approximate surface area is 95.7 Å². The van der Waals surface area contributed by atoms with E-state index >= 15 is 0 Å². The molecule has 0 aliphatic carbocycles. The number of hydrogen-bond acceptors (Lipinski definition) is 3. The lowest BCUT2D eigenvalue weighted by Gasteiger charge is -2.06. The molecule has 0 amide bonds. The number of hydrogen-bond donors (Lipinski definition) is 2. The Morgan fingerprint density at radius 1 is 1.50 bits per heavy atom. The minimum Gasteiger partial charge on any atom is -0.481 e. The molecule has 0 bridgehead atoms. The first-order valence-electron chi connectivity index (χ1n) is 5.52. The summed E-state index contributed by atoms with van der Waals surface area (Å²) in [6.45, 7) is 3.71. The molecule has 0 aromatic carbocycles. The van der Waals surface area contributed by atoms with Crippen LogP contribution in [0.4, 0.5) is 0 Å². The Morgan fingerprint density at radius 3 is 3.00 bits per heavy atom. The molecule has 0 saturated heterocycles. The molecular weight excluding hydrogens is 204 g/mol. The highest BCUT2D eigenvalue weighted by molar-refractivity contribution is 5.66. The summed E-state index contributed by atoms with van der Waals surface area (Å²) in [4.78, 5) is 14.3. The van der Waals surface area contributed by atoms with E-state index in [1.807, 2.05) is 12.3 Å². The molecule has 0 unspecified atom stereocenters. The predicted molar refractivity (Wildman–Crippen MR) is 62.2 cm³/mol. The second kappa shape index (κ2) is 6.95. The quantitative estimate of drug-likeness (QED) is 0.690. The summed E-state index contributed by atoms with van der Waals surface area (Å²) in [6, 6.07) is 1.99. The zero-order chi connectivity index (χ0) is 11.8. The number of aryl methyl sites for hydroxylation is 1. The van der Waals surface area contributed by atoms with E-state index in [0.717, 1.165) is 25.9 Å². The van der Waals surface area contributed by atoms with Crippen molar-refractivity contribution in [1.29, 1.82) is 0 Å². The zero-order valence-corrected chi connectivity index (χ0v) is 9.57. The van der Waals surface area contributed by atoms with Crippen LogP contribution < -0.4 is 5.32 Å². The standard InChI is InChI=1S/C12H18N2O2/c1-10-5-7-14-9-11(10)8-13-6-3-2-4-12(15)16/h5,7,9,13H,2-4,6,8H2,1H3,(H,15,16). The van der Waals surface area contributed by atoms with Crippen molar-refractivity contribution in [2.24, 2.45) is 0 Å². The first-order chi connectivity index (χ1) is 7.70. The van der Waals surface area contributed by atoms with Gasteiger partial charge in [0.15, 0.2) is 0 Å². The van der Waals surface area contributed by atoms with Crippen LogP contribution in [0, 0.1) is 6.92 Å². The Bertz CT molecular complexity index is 340. The minimum absolute atomic E-state index is 0.258. The molecule has 0 spiro atoms. The molecule has 16 heavy (non-hydrogen) atoms. The lowest BCUT2D eigenvalue weighted by Crippen LogP contribution is -2.15. The Hall–Kier alpha value is -1.42. The van der Waals surface area contributed by atoms with E-state index in [2.05, 4.69) is 17.2 Å². The fourth-order valence-electron chi connectivity index (χ4n) is 1.43. The third-order valence-corrected chi connectivity index (χ3v) is 2.46. The van der Waals surface area contributed by atoms with Crippen LogP contribution in [0.5, 0.6) is 0 Å². The first-order valence-corrected chi connectivity index (χ1v) is 5.52. The number of aromatic nitrogens is 1. The van der Waals surface area contributed by atoms with Crippen LogP contribution >= 0.6 is 0 Å². The maximum Gasteiger partial charge on any atom is 0.303 e. The largest absolute Gasteiger partial charge is 0.481 e. The van der Waals surface area contributed by atoms with Gasteiger partial charge >= 0.3 is 5.97 Å². The van der Waals surface area contributed by atoms with E-state index in [-0.39, 0.29) is 6.42 Å². The average molecular weight is 222 g/mol. The second-order valence-corrected chi connectivity index (χ2v) is 3.83. The first kappa shape index (κ1) is 12.6. The van der Waals surface area contributed by atoms with Gasteiger partial charge in [-0.1, -0.05) is 0 Å². The van der Waals surface area contributed by atoms with Crippen LogP contribution in [-0.2, 0) is 11.3 Å². The SMILES string of the molecule is Cc1ccncc1CNCCCCC(=O)O. The van der Waals surface area contributed by atoms with Gasteiger partial charge in [-0.2, -0.15) is 0 Å². The third kappa shape index (κ3) is 4.89. The number of carboxylic acid groups (broad SMARTS) is 1. The summed E-state index contributed by atoms with van der Waals surface area (Å²) in [5.41, 5.74) is 2.42. The van der Waals surface area contributed by atoms with Gasteiger partial charge in [0.2, 0.25) is 0 Å². The van der Waals surface area contributed by atoms with Crippen molar-refractivity contribution >= 4 is 5.97 Å². The van der Waals surface area contributed by atoms with Crippen LogP contribution in [0.3, 0.4) is 0 Å². The molecule has 0 saturated carbocycles. The lowest BCUT2D eigenvalue weighted by atomic mass is 10.1. The molecule has 1 rings (SSSR count). The summed E-state index contributed by atoms with van der Waals surface area (Å²) in [5.74, 6) is -0.719. The van der Waals surface area contributed by atoms with E-state index in [1.54, 1.807) is 6.20 Å². The second-order valence-electron chi connectivity index (χ2n) is 3.83. The molecule has 88 valence electrons. The molecule has 0 aliphatic heterocycles. The molecule has 2 N–H and O–H groups in total.